The Morgan fingerprint density at radius 3 is 2.50 bits per heavy atom. The van der Waals surface area contributed by atoms with Gasteiger partial charge in [0.1, 0.15) is 0 Å². The minimum atomic E-state index is -0.836. The molecule has 0 radical (unpaired) electrons. The van der Waals surface area contributed by atoms with E-state index in [2.05, 4.69) is 5.32 Å². The van der Waals surface area contributed by atoms with Gasteiger partial charge in [0.05, 0.1) is 11.8 Å². The lowest BCUT2D eigenvalue weighted by Gasteiger charge is -2.21. The van der Waals surface area contributed by atoms with E-state index in [9.17, 15) is 9.59 Å². The second-order valence-corrected chi connectivity index (χ2v) is 6.11. The molecule has 18 heavy (non-hydrogen) atoms. The SMILES string of the molecule is CCC(CSC)NC(=O)C1CC(C)CC1C(=O)O. The zero-order chi connectivity index (χ0) is 13.7. The number of hydrogen-bond acceptors (Lipinski definition) is 3. The summed E-state index contributed by atoms with van der Waals surface area (Å²) in [4.78, 5) is 23.3. The van der Waals surface area contributed by atoms with E-state index in [0.717, 1.165) is 12.2 Å². The highest BCUT2D eigenvalue weighted by Gasteiger charge is 2.41. The first kappa shape index (κ1) is 15.3. The Bertz CT molecular complexity index is 309. The molecule has 2 N–H and O–H groups in total. The predicted octanol–water partition coefficient (Wildman–Crippen LogP) is 1.99. The van der Waals surface area contributed by atoms with Crippen LogP contribution in [0, 0.1) is 17.8 Å². The monoisotopic (exact) mass is 273 g/mol. The van der Waals surface area contributed by atoms with Crippen LogP contribution in [0.25, 0.3) is 0 Å². The second kappa shape index (κ2) is 7.02. The summed E-state index contributed by atoms with van der Waals surface area (Å²) in [6.07, 6.45) is 4.20. The van der Waals surface area contributed by atoms with Gasteiger partial charge in [-0.1, -0.05) is 13.8 Å². The van der Waals surface area contributed by atoms with Crippen molar-refractivity contribution in [2.24, 2.45) is 17.8 Å². The second-order valence-electron chi connectivity index (χ2n) is 5.20. The summed E-state index contributed by atoms with van der Waals surface area (Å²) in [7, 11) is 0. The Hall–Kier alpha value is -0.710. The molecular formula is C13H23NO3S. The largest absolute Gasteiger partial charge is 0.481 e. The van der Waals surface area contributed by atoms with Gasteiger partial charge >= 0.3 is 5.97 Å². The lowest BCUT2D eigenvalue weighted by atomic mass is 9.95. The van der Waals surface area contributed by atoms with E-state index in [0.29, 0.717) is 18.8 Å². The fourth-order valence-corrected chi connectivity index (χ4v) is 3.35. The van der Waals surface area contributed by atoms with Gasteiger partial charge in [-0.3, -0.25) is 9.59 Å². The Kier molecular flexibility index (Phi) is 5.99. The van der Waals surface area contributed by atoms with Crippen molar-refractivity contribution in [1.29, 1.82) is 0 Å². The molecule has 1 saturated carbocycles. The van der Waals surface area contributed by atoms with Crippen molar-refractivity contribution in [1.82, 2.24) is 5.32 Å². The summed E-state index contributed by atoms with van der Waals surface area (Å²) in [6.45, 7) is 4.05. The molecule has 4 nitrogen and oxygen atoms in total. The third-order valence-corrected chi connectivity index (χ3v) is 4.40. The maximum absolute atomic E-state index is 12.2. The van der Waals surface area contributed by atoms with E-state index < -0.39 is 11.9 Å². The van der Waals surface area contributed by atoms with Gasteiger partial charge in [0, 0.05) is 11.8 Å². The smallest absolute Gasteiger partial charge is 0.307 e. The van der Waals surface area contributed by atoms with E-state index >= 15 is 0 Å². The van der Waals surface area contributed by atoms with E-state index in [1.807, 2.05) is 20.1 Å². The topological polar surface area (TPSA) is 66.4 Å². The molecule has 0 aliphatic heterocycles. The van der Waals surface area contributed by atoms with Crippen molar-refractivity contribution in [3.05, 3.63) is 0 Å². The van der Waals surface area contributed by atoms with Crippen LogP contribution in [0.2, 0.25) is 0 Å². The number of nitrogens with one attached hydrogen (secondary N) is 1. The molecule has 0 bridgehead atoms. The van der Waals surface area contributed by atoms with E-state index in [4.69, 9.17) is 5.11 Å². The van der Waals surface area contributed by atoms with Crippen molar-refractivity contribution in [3.8, 4) is 0 Å². The molecule has 5 heteroatoms. The molecule has 1 rings (SSSR count). The van der Waals surface area contributed by atoms with Crippen LogP contribution < -0.4 is 5.32 Å². The lowest BCUT2D eigenvalue weighted by Crippen LogP contribution is -2.42. The number of carbonyl (C=O) groups excluding carboxylic acids is 1. The van der Waals surface area contributed by atoms with E-state index in [1.165, 1.54) is 0 Å². The minimum Gasteiger partial charge on any atom is -0.481 e. The van der Waals surface area contributed by atoms with Gasteiger partial charge in [-0.2, -0.15) is 11.8 Å². The first-order valence-corrected chi connectivity index (χ1v) is 7.91. The molecule has 0 aromatic carbocycles. The van der Waals surface area contributed by atoms with Crippen LogP contribution in [0.3, 0.4) is 0 Å². The van der Waals surface area contributed by atoms with Crippen LogP contribution in [0.4, 0.5) is 0 Å². The van der Waals surface area contributed by atoms with E-state index in [-0.39, 0.29) is 17.9 Å². The molecule has 0 aromatic rings. The molecule has 1 aliphatic rings. The number of rotatable bonds is 6. The number of carboxylic acid groups (broad SMARTS) is 1. The number of hydrogen-bond donors (Lipinski definition) is 2. The Morgan fingerprint density at radius 2 is 2.00 bits per heavy atom. The minimum absolute atomic E-state index is 0.0762. The quantitative estimate of drug-likeness (QED) is 0.776. The van der Waals surface area contributed by atoms with Gasteiger partial charge in [0.25, 0.3) is 0 Å². The first-order valence-electron chi connectivity index (χ1n) is 6.51. The van der Waals surface area contributed by atoms with Crippen LogP contribution in [0.1, 0.15) is 33.1 Å². The Morgan fingerprint density at radius 1 is 1.39 bits per heavy atom. The van der Waals surface area contributed by atoms with Gasteiger partial charge < -0.3 is 10.4 Å². The average Bonchev–Trinajstić information content (AvgIpc) is 2.71. The van der Waals surface area contributed by atoms with Crippen LogP contribution in [-0.4, -0.2) is 35.0 Å². The molecule has 0 heterocycles. The van der Waals surface area contributed by atoms with Gasteiger partial charge in [0.2, 0.25) is 5.91 Å². The van der Waals surface area contributed by atoms with Gasteiger partial charge in [-0.15, -0.1) is 0 Å². The van der Waals surface area contributed by atoms with Crippen molar-refractivity contribution in [2.45, 2.75) is 39.2 Å². The highest BCUT2D eigenvalue weighted by atomic mass is 32.2. The van der Waals surface area contributed by atoms with Crippen molar-refractivity contribution < 1.29 is 14.7 Å². The number of amides is 1. The summed E-state index contributed by atoms with van der Waals surface area (Å²) in [5.41, 5.74) is 0. The fraction of sp³-hybridized carbons (Fsp3) is 0.846. The summed E-state index contributed by atoms with van der Waals surface area (Å²) in [5.74, 6) is -0.574. The first-order chi connectivity index (χ1) is 8.49. The number of carboxylic acids is 1. The Balaban J connectivity index is 2.61. The van der Waals surface area contributed by atoms with Gasteiger partial charge in [0.15, 0.2) is 0 Å². The fourth-order valence-electron chi connectivity index (χ4n) is 2.63. The third-order valence-electron chi connectivity index (χ3n) is 3.66. The third kappa shape index (κ3) is 3.90. The van der Waals surface area contributed by atoms with Crippen LogP contribution in [0.5, 0.6) is 0 Å². The normalized spacial score (nSPS) is 28.9. The molecule has 0 spiro atoms. The molecule has 0 saturated heterocycles. The summed E-state index contributed by atoms with van der Waals surface area (Å²) >= 11 is 1.70. The molecule has 1 amide bonds. The number of thioether (sulfide) groups is 1. The highest BCUT2D eigenvalue weighted by Crippen LogP contribution is 2.36. The maximum atomic E-state index is 12.2. The molecular weight excluding hydrogens is 250 g/mol. The summed E-state index contributed by atoms with van der Waals surface area (Å²) in [5, 5.41) is 12.2. The summed E-state index contributed by atoms with van der Waals surface area (Å²) < 4.78 is 0. The van der Waals surface area contributed by atoms with Crippen LogP contribution in [-0.2, 0) is 9.59 Å². The predicted molar refractivity (Wildman–Crippen MR) is 73.6 cm³/mol. The highest BCUT2D eigenvalue weighted by molar-refractivity contribution is 7.98. The lowest BCUT2D eigenvalue weighted by molar-refractivity contribution is -0.146. The van der Waals surface area contributed by atoms with Gasteiger partial charge in [-0.25, -0.2) is 0 Å². The number of aliphatic carboxylic acids is 1. The van der Waals surface area contributed by atoms with Crippen molar-refractivity contribution >= 4 is 23.6 Å². The zero-order valence-electron chi connectivity index (χ0n) is 11.3. The molecule has 104 valence electrons. The van der Waals surface area contributed by atoms with Crippen LogP contribution in [0.15, 0.2) is 0 Å². The van der Waals surface area contributed by atoms with Crippen molar-refractivity contribution in [3.63, 3.8) is 0 Å². The summed E-state index contributed by atoms with van der Waals surface area (Å²) in [6, 6.07) is 0.151. The molecule has 0 aromatic heterocycles. The van der Waals surface area contributed by atoms with Crippen molar-refractivity contribution in [2.75, 3.05) is 12.0 Å². The Labute approximate surface area is 113 Å². The standard InChI is InChI=1S/C13H23NO3S/c1-4-9(7-18-3)14-12(15)10-5-8(2)6-11(10)13(16)17/h8-11H,4-7H2,1-3H3,(H,14,15)(H,16,17). The molecule has 4 atom stereocenters. The number of carbonyl (C=O) groups is 2. The zero-order valence-corrected chi connectivity index (χ0v) is 12.1. The van der Waals surface area contributed by atoms with Crippen LogP contribution >= 0.6 is 11.8 Å². The van der Waals surface area contributed by atoms with Gasteiger partial charge in [-0.05, 0) is 31.4 Å². The molecule has 1 aliphatic carbocycles. The van der Waals surface area contributed by atoms with E-state index in [1.54, 1.807) is 11.8 Å². The molecule has 4 unspecified atom stereocenters. The maximum Gasteiger partial charge on any atom is 0.307 e. The average molecular weight is 273 g/mol. The molecule has 1 fully saturated rings.